The fraction of sp³-hybridized carbons (Fsp3) is 0.0769. The zero-order valence-electron chi connectivity index (χ0n) is 8.58. The lowest BCUT2D eigenvalue weighted by Crippen LogP contribution is -1.99. The number of hydrogen-bond acceptors (Lipinski definition) is 1. The predicted molar refractivity (Wildman–Crippen MR) is 67.4 cm³/mol. The van der Waals surface area contributed by atoms with Crippen molar-refractivity contribution in [3.05, 3.63) is 58.3 Å². The van der Waals surface area contributed by atoms with Crippen molar-refractivity contribution in [2.24, 2.45) is 5.73 Å². The van der Waals surface area contributed by atoms with Gasteiger partial charge in [-0.2, -0.15) is 0 Å². The molecule has 2 aromatic carbocycles. The normalized spacial score (nSPS) is 10.4. The Morgan fingerprint density at radius 3 is 2.50 bits per heavy atom. The predicted octanol–water partition coefficient (Wildman–Crippen LogP) is 3.71. The van der Waals surface area contributed by atoms with E-state index < -0.39 is 0 Å². The van der Waals surface area contributed by atoms with E-state index in [0.717, 1.165) is 15.6 Å². The van der Waals surface area contributed by atoms with Gasteiger partial charge >= 0.3 is 0 Å². The van der Waals surface area contributed by atoms with Crippen LogP contribution in [0.25, 0.3) is 11.1 Å². The summed E-state index contributed by atoms with van der Waals surface area (Å²) in [5.41, 5.74) is 7.78. The first-order valence-corrected chi connectivity index (χ1v) is 5.75. The van der Waals surface area contributed by atoms with Crippen molar-refractivity contribution < 1.29 is 4.39 Å². The lowest BCUT2D eigenvalue weighted by Gasteiger charge is -2.06. The van der Waals surface area contributed by atoms with E-state index in [1.165, 1.54) is 6.07 Å². The lowest BCUT2D eigenvalue weighted by atomic mass is 10.0. The molecule has 3 heteroatoms. The molecular formula is C13H11BrFN. The maximum absolute atomic E-state index is 13.6. The molecule has 0 spiro atoms. The highest BCUT2D eigenvalue weighted by Crippen LogP contribution is 2.28. The van der Waals surface area contributed by atoms with Crippen molar-refractivity contribution in [1.82, 2.24) is 0 Å². The van der Waals surface area contributed by atoms with Gasteiger partial charge in [-0.15, -0.1) is 0 Å². The number of benzene rings is 2. The van der Waals surface area contributed by atoms with E-state index in [1.807, 2.05) is 30.3 Å². The second kappa shape index (κ2) is 4.76. The van der Waals surface area contributed by atoms with Crippen LogP contribution < -0.4 is 5.73 Å². The summed E-state index contributed by atoms with van der Waals surface area (Å²) >= 11 is 3.45. The van der Waals surface area contributed by atoms with Crippen LogP contribution in [-0.2, 0) is 6.54 Å². The minimum atomic E-state index is -0.254. The highest BCUT2D eigenvalue weighted by molar-refractivity contribution is 9.10. The highest BCUT2D eigenvalue weighted by atomic mass is 79.9. The van der Waals surface area contributed by atoms with Crippen molar-refractivity contribution >= 4 is 15.9 Å². The summed E-state index contributed by atoms with van der Waals surface area (Å²) < 4.78 is 14.5. The van der Waals surface area contributed by atoms with E-state index in [2.05, 4.69) is 15.9 Å². The first-order valence-electron chi connectivity index (χ1n) is 4.96. The molecular weight excluding hydrogens is 269 g/mol. The molecule has 0 aromatic heterocycles. The van der Waals surface area contributed by atoms with E-state index >= 15 is 0 Å². The lowest BCUT2D eigenvalue weighted by molar-refractivity contribution is 0.611. The molecule has 2 N–H and O–H groups in total. The molecule has 0 amide bonds. The zero-order chi connectivity index (χ0) is 11.5. The average Bonchev–Trinajstić information content (AvgIpc) is 2.29. The summed E-state index contributed by atoms with van der Waals surface area (Å²) in [6, 6.07) is 12.9. The largest absolute Gasteiger partial charge is 0.326 e. The summed E-state index contributed by atoms with van der Waals surface area (Å²) in [4.78, 5) is 0. The summed E-state index contributed by atoms with van der Waals surface area (Å²) in [7, 11) is 0. The van der Waals surface area contributed by atoms with Crippen LogP contribution in [0.3, 0.4) is 0 Å². The third-order valence-corrected chi connectivity index (χ3v) is 3.15. The molecule has 0 aliphatic rings. The Labute approximate surface area is 102 Å². The van der Waals surface area contributed by atoms with Gasteiger partial charge in [0.25, 0.3) is 0 Å². The highest BCUT2D eigenvalue weighted by Gasteiger charge is 2.05. The molecule has 0 saturated heterocycles. The minimum Gasteiger partial charge on any atom is -0.326 e. The summed E-state index contributed by atoms with van der Waals surface area (Å²) in [5.74, 6) is -0.254. The Hall–Kier alpha value is -1.19. The minimum absolute atomic E-state index is 0.224. The van der Waals surface area contributed by atoms with Crippen LogP contribution in [-0.4, -0.2) is 0 Å². The van der Waals surface area contributed by atoms with Crippen LogP contribution >= 0.6 is 15.9 Å². The van der Waals surface area contributed by atoms with Gasteiger partial charge in [0.1, 0.15) is 5.82 Å². The Morgan fingerprint density at radius 2 is 1.88 bits per heavy atom. The van der Waals surface area contributed by atoms with Crippen molar-refractivity contribution in [2.45, 2.75) is 6.54 Å². The monoisotopic (exact) mass is 279 g/mol. The molecule has 0 unspecified atom stereocenters. The number of rotatable bonds is 2. The van der Waals surface area contributed by atoms with Gasteiger partial charge in [-0.3, -0.25) is 0 Å². The van der Waals surface area contributed by atoms with Crippen LogP contribution in [0.1, 0.15) is 5.56 Å². The standard InChI is InChI=1S/C13H11BrFN/c14-12-4-2-1-3-11(12)9-5-6-10(8-16)13(15)7-9/h1-7H,8,16H2. The van der Waals surface area contributed by atoms with Gasteiger partial charge in [0.05, 0.1) is 0 Å². The van der Waals surface area contributed by atoms with Gasteiger partial charge in [-0.05, 0) is 23.3 Å². The molecule has 1 nitrogen and oxygen atoms in total. The van der Waals surface area contributed by atoms with Crippen LogP contribution in [0, 0.1) is 5.82 Å². The average molecular weight is 280 g/mol. The molecule has 2 rings (SSSR count). The first-order chi connectivity index (χ1) is 7.72. The molecule has 0 aliphatic heterocycles. The van der Waals surface area contributed by atoms with Crippen molar-refractivity contribution in [2.75, 3.05) is 0 Å². The smallest absolute Gasteiger partial charge is 0.128 e. The molecule has 0 heterocycles. The number of nitrogens with two attached hydrogens (primary N) is 1. The quantitative estimate of drug-likeness (QED) is 0.891. The van der Waals surface area contributed by atoms with Crippen molar-refractivity contribution in [3.8, 4) is 11.1 Å². The summed E-state index contributed by atoms with van der Waals surface area (Å²) in [6.45, 7) is 0.224. The second-order valence-electron chi connectivity index (χ2n) is 3.49. The second-order valence-corrected chi connectivity index (χ2v) is 4.34. The maximum Gasteiger partial charge on any atom is 0.128 e. The topological polar surface area (TPSA) is 26.0 Å². The molecule has 16 heavy (non-hydrogen) atoms. The Balaban J connectivity index is 2.50. The Kier molecular flexibility index (Phi) is 3.36. The van der Waals surface area contributed by atoms with Crippen molar-refractivity contribution in [3.63, 3.8) is 0 Å². The van der Waals surface area contributed by atoms with Crippen LogP contribution in [0.2, 0.25) is 0 Å². The molecule has 0 saturated carbocycles. The number of hydrogen-bond donors (Lipinski definition) is 1. The molecule has 0 aliphatic carbocycles. The fourth-order valence-electron chi connectivity index (χ4n) is 1.58. The van der Waals surface area contributed by atoms with Gasteiger partial charge in [-0.1, -0.05) is 46.3 Å². The molecule has 0 fully saturated rings. The van der Waals surface area contributed by atoms with Gasteiger partial charge in [-0.25, -0.2) is 4.39 Å². The van der Waals surface area contributed by atoms with Crippen LogP contribution in [0.4, 0.5) is 4.39 Å². The van der Waals surface area contributed by atoms with Gasteiger partial charge in [0, 0.05) is 16.6 Å². The van der Waals surface area contributed by atoms with E-state index in [-0.39, 0.29) is 12.4 Å². The van der Waals surface area contributed by atoms with Gasteiger partial charge in [0.2, 0.25) is 0 Å². The first kappa shape index (κ1) is 11.3. The Morgan fingerprint density at radius 1 is 1.12 bits per heavy atom. The maximum atomic E-state index is 13.6. The molecule has 0 radical (unpaired) electrons. The number of halogens is 2. The zero-order valence-corrected chi connectivity index (χ0v) is 10.2. The van der Waals surface area contributed by atoms with E-state index in [9.17, 15) is 4.39 Å². The van der Waals surface area contributed by atoms with Gasteiger partial charge < -0.3 is 5.73 Å². The van der Waals surface area contributed by atoms with Crippen molar-refractivity contribution in [1.29, 1.82) is 0 Å². The van der Waals surface area contributed by atoms with E-state index in [4.69, 9.17) is 5.73 Å². The van der Waals surface area contributed by atoms with Gasteiger partial charge in [0.15, 0.2) is 0 Å². The van der Waals surface area contributed by atoms with Crippen LogP contribution in [0.15, 0.2) is 46.9 Å². The third kappa shape index (κ3) is 2.15. The van der Waals surface area contributed by atoms with Crippen LogP contribution in [0.5, 0.6) is 0 Å². The SMILES string of the molecule is NCc1ccc(-c2ccccc2Br)cc1F. The molecule has 0 atom stereocenters. The third-order valence-electron chi connectivity index (χ3n) is 2.46. The molecule has 2 aromatic rings. The molecule has 82 valence electrons. The Bertz CT molecular complexity index is 511. The van der Waals surface area contributed by atoms with E-state index in [1.54, 1.807) is 6.07 Å². The summed E-state index contributed by atoms with van der Waals surface area (Å²) in [6.07, 6.45) is 0. The summed E-state index contributed by atoms with van der Waals surface area (Å²) in [5, 5.41) is 0. The fourth-order valence-corrected chi connectivity index (χ4v) is 2.09. The van der Waals surface area contributed by atoms with E-state index in [0.29, 0.717) is 5.56 Å². The molecule has 0 bridgehead atoms.